The van der Waals surface area contributed by atoms with Gasteiger partial charge in [0, 0.05) is 0 Å². The summed E-state index contributed by atoms with van der Waals surface area (Å²) in [5.41, 5.74) is 1.03. The number of para-hydroxylation sites is 1. The molecule has 0 radical (unpaired) electrons. The Kier molecular flexibility index (Phi) is 5.83. The summed E-state index contributed by atoms with van der Waals surface area (Å²) in [7, 11) is 0. The molecule has 1 amide bonds. The van der Waals surface area contributed by atoms with Crippen LogP contribution in [0, 0.1) is 0 Å². The maximum Gasteiger partial charge on any atom is 0.326 e. The molecule has 1 aliphatic heterocycles. The highest BCUT2D eigenvalue weighted by Gasteiger charge is 2.17. The molecule has 3 aromatic rings. The predicted octanol–water partition coefficient (Wildman–Crippen LogP) is 1.59. The Bertz CT molecular complexity index is 1190. The van der Waals surface area contributed by atoms with Crippen LogP contribution in [0.1, 0.15) is 18.5 Å². The minimum absolute atomic E-state index is 0.325. The van der Waals surface area contributed by atoms with E-state index in [-0.39, 0.29) is 18.1 Å². The van der Waals surface area contributed by atoms with Crippen LogP contribution in [0.15, 0.2) is 53.6 Å². The molecule has 1 N–H and O–H groups in total. The van der Waals surface area contributed by atoms with Gasteiger partial charge in [-0.25, -0.2) is 4.98 Å². The van der Waals surface area contributed by atoms with Gasteiger partial charge in [-0.2, -0.15) is 0 Å². The van der Waals surface area contributed by atoms with Gasteiger partial charge in [-0.3, -0.25) is 19.0 Å². The molecule has 2 heterocycles. The zero-order chi connectivity index (χ0) is 21.8. The van der Waals surface area contributed by atoms with Crippen molar-refractivity contribution in [3.05, 3.63) is 64.7 Å². The number of nitrogens with one attached hydrogen (secondary N) is 1. The monoisotopic (exact) mass is 423 g/mol. The number of rotatable bonds is 6. The van der Waals surface area contributed by atoms with E-state index in [0.717, 1.165) is 10.1 Å². The molecule has 1 aliphatic rings. The summed E-state index contributed by atoms with van der Waals surface area (Å²) in [6.45, 7) is 2.00. The van der Waals surface area contributed by atoms with E-state index in [9.17, 15) is 14.4 Å². The van der Waals surface area contributed by atoms with Crippen LogP contribution in [-0.2, 0) is 20.9 Å². The largest absolute Gasteiger partial charge is 0.486 e. The first kappa shape index (κ1) is 20.4. The van der Waals surface area contributed by atoms with E-state index >= 15 is 0 Å². The van der Waals surface area contributed by atoms with Crippen LogP contribution in [0.2, 0.25) is 0 Å². The fraction of sp³-hybridized carbons (Fsp3) is 0.273. The van der Waals surface area contributed by atoms with Gasteiger partial charge in [0.15, 0.2) is 18.1 Å². The van der Waals surface area contributed by atoms with E-state index in [0.29, 0.717) is 35.6 Å². The summed E-state index contributed by atoms with van der Waals surface area (Å²) in [4.78, 5) is 40.9. The second-order valence-electron chi connectivity index (χ2n) is 7.05. The Hall–Kier alpha value is -3.88. The van der Waals surface area contributed by atoms with Crippen molar-refractivity contribution in [2.75, 3.05) is 19.8 Å². The van der Waals surface area contributed by atoms with Gasteiger partial charge in [0.1, 0.15) is 19.8 Å². The van der Waals surface area contributed by atoms with Crippen molar-refractivity contribution < 1.29 is 23.8 Å². The molecule has 0 saturated carbocycles. The number of amides is 1. The van der Waals surface area contributed by atoms with E-state index < -0.39 is 18.5 Å². The zero-order valence-corrected chi connectivity index (χ0v) is 16.9. The second kappa shape index (κ2) is 8.86. The molecule has 2 aromatic carbocycles. The molecule has 160 valence electrons. The third-order valence-electron chi connectivity index (χ3n) is 4.84. The molecule has 1 unspecified atom stereocenters. The standard InChI is InChI=1S/C22H21N3O6/c1-14(15-6-7-18-19(10-15)30-9-8-29-18)24-20(26)12-31-21(27)11-25-13-23-17-5-3-2-4-16(17)22(25)28/h2-7,10,13-14H,8-9,11-12H2,1H3,(H,24,26). The fourth-order valence-electron chi connectivity index (χ4n) is 3.25. The predicted molar refractivity (Wildman–Crippen MR) is 111 cm³/mol. The van der Waals surface area contributed by atoms with Crippen molar-refractivity contribution >= 4 is 22.8 Å². The first-order valence-corrected chi connectivity index (χ1v) is 9.80. The van der Waals surface area contributed by atoms with Crippen LogP contribution >= 0.6 is 0 Å². The molecule has 9 heteroatoms. The number of aromatic nitrogens is 2. The Morgan fingerprint density at radius 3 is 2.77 bits per heavy atom. The SMILES string of the molecule is CC(NC(=O)COC(=O)Cn1cnc2ccccc2c1=O)c1ccc2c(c1)OCCO2. The number of carbonyl (C=O) groups excluding carboxylic acids is 2. The van der Waals surface area contributed by atoms with Gasteiger partial charge < -0.3 is 19.5 Å². The highest BCUT2D eigenvalue weighted by atomic mass is 16.6. The van der Waals surface area contributed by atoms with Gasteiger partial charge in [-0.1, -0.05) is 18.2 Å². The zero-order valence-electron chi connectivity index (χ0n) is 16.9. The lowest BCUT2D eigenvalue weighted by Crippen LogP contribution is -2.32. The van der Waals surface area contributed by atoms with Crippen molar-refractivity contribution in [2.24, 2.45) is 0 Å². The maximum absolute atomic E-state index is 12.4. The minimum atomic E-state index is -0.707. The lowest BCUT2D eigenvalue weighted by molar-refractivity contribution is -0.149. The molecule has 31 heavy (non-hydrogen) atoms. The highest BCUT2D eigenvalue weighted by molar-refractivity contribution is 5.81. The minimum Gasteiger partial charge on any atom is -0.486 e. The second-order valence-corrected chi connectivity index (χ2v) is 7.05. The Labute approximate surface area is 177 Å². The third kappa shape index (κ3) is 4.66. The molecular formula is C22H21N3O6. The molecule has 0 aliphatic carbocycles. The molecule has 0 saturated heterocycles. The third-order valence-corrected chi connectivity index (χ3v) is 4.84. The topological polar surface area (TPSA) is 109 Å². The average molecular weight is 423 g/mol. The van der Waals surface area contributed by atoms with Gasteiger partial charge in [0.05, 0.1) is 23.3 Å². The van der Waals surface area contributed by atoms with Gasteiger partial charge in [-0.15, -0.1) is 0 Å². The maximum atomic E-state index is 12.4. The fourth-order valence-corrected chi connectivity index (χ4v) is 3.25. The molecule has 0 spiro atoms. The van der Waals surface area contributed by atoms with Crippen LogP contribution in [0.5, 0.6) is 11.5 Å². The number of hydrogen-bond donors (Lipinski definition) is 1. The number of carbonyl (C=O) groups is 2. The average Bonchev–Trinajstić information content (AvgIpc) is 2.79. The molecule has 9 nitrogen and oxygen atoms in total. The van der Waals surface area contributed by atoms with E-state index in [1.165, 1.54) is 6.33 Å². The summed E-state index contributed by atoms with van der Waals surface area (Å²) >= 11 is 0. The van der Waals surface area contributed by atoms with Crippen molar-refractivity contribution in [1.29, 1.82) is 0 Å². The molecular weight excluding hydrogens is 402 g/mol. The number of ether oxygens (including phenoxy) is 3. The van der Waals surface area contributed by atoms with Crippen LogP contribution in [-0.4, -0.2) is 41.2 Å². The van der Waals surface area contributed by atoms with E-state index in [1.807, 2.05) is 19.1 Å². The number of esters is 1. The van der Waals surface area contributed by atoms with E-state index in [2.05, 4.69) is 10.3 Å². The van der Waals surface area contributed by atoms with Crippen molar-refractivity contribution in [3.63, 3.8) is 0 Å². The lowest BCUT2D eigenvalue weighted by Gasteiger charge is -2.21. The van der Waals surface area contributed by atoms with Gasteiger partial charge in [0.2, 0.25) is 0 Å². The summed E-state index contributed by atoms with van der Waals surface area (Å²) < 4.78 is 17.2. The van der Waals surface area contributed by atoms with E-state index in [4.69, 9.17) is 14.2 Å². The van der Waals surface area contributed by atoms with Gasteiger partial charge in [0.25, 0.3) is 11.5 Å². The quantitative estimate of drug-likeness (QED) is 0.600. The van der Waals surface area contributed by atoms with Crippen molar-refractivity contribution in [1.82, 2.24) is 14.9 Å². The Balaban J connectivity index is 1.31. The van der Waals surface area contributed by atoms with Crippen LogP contribution < -0.4 is 20.3 Å². The van der Waals surface area contributed by atoms with Crippen molar-refractivity contribution in [2.45, 2.75) is 19.5 Å². The summed E-state index contributed by atoms with van der Waals surface area (Å²) in [5, 5.41) is 3.17. The Morgan fingerprint density at radius 2 is 1.94 bits per heavy atom. The molecule has 0 fully saturated rings. The number of hydrogen-bond acceptors (Lipinski definition) is 7. The lowest BCUT2D eigenvalue weighted by atomic mass is 10.1. The summed E-state index contributed by atoms with van der Waals surface area (Å²) in [6.07, 6.45) is 1.29. The smallest absolute Gasteiger partial charge is 0.326 e. The highest BCUT2D eigenvalue weighted by Crippen LogP contribution is 2.32. The van der Waals surface area contributed by atoms with Gasteiger partial charge >= 0.3 is 5.97 Å². The van der Waals surface area contributed by atoms with Crippen molar-refractivity contribution in [3.8, 4) is 11.5 Å². The molecule has 0 bridgehead atoms. The van der Waals surface area contributed by atoms with E-state index in [1.54, 1.807) is 30.3 Å². The Morgan fingerprint density at radius 1 is 1.16 bits per heavy atom. The summed E-state index contributed by atoms with van der Waals surface area (Å²) in [5.74, 6) is 0.132. The molecule has 1 atom stereocenters. The number of nitrogens with zero attached hydrogens (tertiary/aromatic N) is 2. The molecule has 1 aromatic heterocycles. The van der Waals surface area contributed by atoms with Crippen LogP contribution in [0.3, 0.4) is 0 Å². The van der Waals surface area contributed by atoms with Crippen LogP contribution in [0.25, 0.3) is 10.9 Å². The first-order chi connectivity index (χ1) is 15.0. The van der Waals surface area contributed by atoms with Crippen LogP contribution in [0.4, 0.5) is 0 Å². The number of benzene rings is 2. The first-order valence-electron chi connectivity index (χ1n) is 9.80. The molecule has 4 rings (SSSR count). The summed E-state index contributed by atoms with van der Waals surface area (Å²) in [6, 6.07) is 12.0. The van der Waals surface area contributed by atoms with Gasteiger partial charge in [-0.05, 0) is 36.8 Å². The normalized spacial score (nSPS) is 13.5. The number of fused-ring (bicyclic) bond motifs is 2.